The van der Waals surface area contributed by atoms with E-state index >= 15 is 0 Å². The van der Waals surface area contributed by atoms with Gasteiger partial charge < -0.3 is 63.7 Å². The van der Waals surface area contributed by atoms with Gasteiger partial charge in [0.05, 0.1) is 56.1 Å². The van der Waals surface area contributed by atoms with Gasteiger partial charge in [0.2, 0.25) is 0 Å². The maximum atomic E-state index is 14.2. The Morgan fingerprint density at radius 2 is 1.02 bits per heavy atom. The Kier molecular flexibility index (Phi) is 26.2. The number of nitrogens with one attached hydrogen (secondary N) is 3. The van der Waals surface area contributed by atoms with Crippen LogP contribution in [0.1, 0.15) is 147 Å². The van der Waals surface area contributed by atoms with Gasteiger partial charge in [-0.05, 0) is 129 Å². The lowest BCUT2D eigenvalue weighted by Crippen LogP contribution is -2.48. The van der Waals surface area contributed by atoms with E-state index in [0.717, 1.165) is 174 Å². The molecule has 0 aliphatic carbocycles. The van der Waals surface area contributed by atoms with Gasteiger partial charge in [-0.15, -0.1) is 12.4 Å². The number of hydrogen-bond acceptors (Lipinski definition) is 17. The number of aromatic amines is 2. The van der Waals surface area contributed by atoms with E-state index in [2.05, 4.69) is 105 Å². The van der Waals surface area contributed by atoms with Crippen LogP contribution in [0.2, 0.25) is 0 Å². The first-order valence-corrected chi connectivity index (χ1v) is 32.4. The molecule has 0 atom stereocenters. The van der Waals surface area contributed by atoms with Crippen molar-refractivity contribution >= 4 is 57.6 Å². The first-order valence-electron chi connectivity index (χ1n) is 32.4. The maximum absolute atomic E-state index is 14.2. The number of halogens is 1. The van der Waals surface area contributed by atoms with E-state index in [1.54, 1.807) is 26.0 Å². The molecule has 21 nitrogen and oxygen atoms in total. The van der Waals surface area contributed by atoms with Gasteiger partial charge in [-0.1, -0.05) is 13.8 Å². The molecule has 0 bridgehead atoms. The summed E-state index contributed by atoms with van der Waals surface area (Å²) in [6.45, 7) is 35.5. The molecule has 90 heavy (non-hydrogen) atoms. The molecule has 22 heteroatoms. The standard InChI is InChI=1S/C34H49N5O5.C26H39N3O4.C8H12N2O2.ClH/c1-7-26-29(39(8-2)24-9-15-43-16-10-24)19-31-27(18-25(44-31)21-37-11-13-38(14-12-37)22(3)4)32(26)34(41)35-20-28-30(42-6)17-23(5)36-33(28)40;1-5-21-23(29(6-2)19-7-13-32-14-8-19)16-24-22(25(21)26(30)31)15-20(33-24)17-27-9-11-28(12-10-27)18(3)4;1-5-3-7(12-2)6(4-9)8(11)10-5;/h17-19,22,24H,7-16,20-21H2,1-6H3,(H,35,41)(H,36,40);15-16,18-19H,5-14,17H2,1-4H3,(H,30,31);3H,4,9H2,1-2H3,(H,10,11);1H. The van der Waals surface area contributed by atoms with Crippen molar-refractivity contribution in [3.8, 4) is 11.5 Å². The van der Waals surface area contributed by atoms with Gasteiger partial charge in [0.1, 0.15) is 34.2 Å². The number of carbonyl (C=O) groups is 2. The predicted molar refractivity (Wildman–Crippen MR) is 359 cm³/mol. The number of fused-ring (bicyclic) bond motifs is 2. The highest BCUT2D eigenvalue weighted by Gasteiger charge is 2.31. The van der Waals surface area contributed by atoms with Crippen LogP contribution in [-0.4, -0.2) is 177 Å². The van der Waals surface area contributed by atoms with Crippen molar-refractivity contribution in [1.29, 1.82) is 0 Å². The number of hydrogen-bond donors (Lipinski definition) is 5. The number of anilines is 2. The summed E-state index contributed by atoms with van der Waals surface area (Å²) in [6, 6.07) is 13.6. The van der Waals surface area contributed by atoms with Crippen molar-refractivity contribution in [2.24, 2.45) is 5.73 Å². The maximum Gasteiger partial charge on any atom is 0.336 e. The molecule has 496 valence electrons. The van der Waals surface area contributed by atoms with Gasteiger partial charge in [0.15, 0.2) is 0 Å². The van der Waals surface area contributed by atoms with Crippen LogP contribution < -0.4 is 41.4 Å². The molecule has 6 N–H and O–H groups in total. The summed E-state index contributed by atoms with van der Waals surface area (Å²) in [4.78, 5) is 70.7. The van der Waals surface area contributed by atoms with Gasteiger partial charge in [0.25, 0.3) is 17.0 Å². The Hall–Kier alpha value is -6.43. The molecule has 0 unspecified atom stereocenters. The molecule has 2 aromatic carbocycles. The fraction of sp³-hybridized carbons (Fsp3) is 0.588. The monoisotopic (exact) mass is 1270 g/mol. The van der Waals surface area contributed by atoms with Crippen molar-refractivity contribution in [3.63, 3.8) is 0 Å². The van der Waals surface area contributed by atoms with Gasteiger partial charge in [-0.2, -0.15) is 0 Å². The topological polar surface area (TPSA) is 241 Å². The molecule has 1 amide bonds. The number of aromatic nitrogens is 2. The number of carbonyl (C=O) groups excluding carboxylic acids is 1. The zero-order valence-corrected chi connectivity index (χ0v) is 56.3. The van der Waals surface area contributed by atoms with Gasteiger partial charge in [0, 0.05) is 168 Å². The van der Waals surface area contributed by atoms with Gasteiger partial charge in [-0.3, -0.25) is 34.0 Å². The molecule has 4 saturated heterocycles. The molecule has 4 fully saturated rings. The average Bonchev–Trinajstić information content (AvgIpc) is 1.53. The van der Waals surface area contributed by atoms with Crippen LogP contribution in [0.3, 0.4) is 0 Å². The molecule has 4 aliphatic rings. The summed E-state index contributed by atoms with van der Waals surface area (Å²) in [5, 5.41) is 14.8. The number of rotatable bonds is 21. The highest BCUT2D eigenvalue weighted by Crippen LogP contribution is 2.39. The number of aryl methyl sites for hydroxylation is 2. The summed E-state index contributed by atoms with van der Waals surface area (Å²) >= 11 is 0. The zero-order chi connectivity index (χ0) is 64.1. The highest BCUT2D eigenvalue weighted by atomic mass is 35.5. The first-order chi connectivity index (χ1) is 42.8. The van der Waals surface area contributed by atoms with Crippen LogP contribution in [0.4, 0.5) is 11.4 Å². The van der Waals surface area contributed by atoms with E-state index < -0.39 is 5.97 Å². The van der Waals surface area contributed by atoms with Crippen molar-refractivity contribution < 1.29 is 42.5 Å². The van der Waals surface area contributed by atoms with Crippen molar-refractivity contribution in [1.82, 2.24) is 34.9 Å². The fourth-order valence-electron chi connectivity index (χ4n) is 13.3. The van der Waals surface area contributed by atoms with Crippen LogP contribution in [-0.2, 0) is 48.5 Å². The summed E-state index contributed by atoms with van der Waals surface area (Å²) in [6.07, 6.45) is 5.16. The van der Waals surface area contributed by atoms with Crippen LogP contribution in [0.15, 0.2) is 54.8 Å². The lowest BCUT2D eigenvalue weighted by atomic mass is 9.95. The number of pyridine rings is 2. The molecule has 6 aromatic rings. The van der Waals surface area contributed by atoms with Gasteiger partial charge >= 0.3 is 5.97 Å². The molecule has 4 aliphatic heterocycles. The van der Waals surface area contributed by atoms with Crippen molar-refractivity contribution in [3.05, 3.63) is 113 Å². The predicted octanol–water partition coefficient (Wildman–Crippen LogP) is 9.26. The molecule has 10 rings (SSSR count). The second kappa shape index (κ2) is 33.2. The Labute approximate surface area is 537 Å². The largest absolute Gasteiger partial charge is 0.496 e. The third-order valence-electron chi connectivity index (χ3n) is 18.2. The van der Waals surface area contributed by atoms with Crippen LogP contribution in [0.5, 0.6) is 11.5 Å². The number of aromatic carboxylic acids is 1. The van der Waals surface area contributed by atoms with E-state index in [1.165, 1.54) is 14.2 Å². The second-order valence-electron chi connectivity index (χ2n) is 24.4. The Morgan fingerprint density at radius 1 is 0.622 bits per heavy atom. The Morgan fingerprint density at radius 3 is 1.40 bits per heavy atom. The molecular weight excluding hydrogens is 1170 g/mol. The summed E-state index contributed by atoms with van der Waals surface area (Å²) in [5.74, 6) is 1.62. The fourth-order valence-corrected chi connectivity index (χ4v) is 13.3. The Bertz CT molecular complexity index is 3440. The van der Waals surface area contributed by atoms with Gasteiger partial charge in [-0.25, -0.2) is 4.79 Å². The third kappa shape index (κ3) is 17.0. The van der Waals surface area contributed by atoms with E-state index in [0.29, 0.717) is 95.1 Å². The number of carboxylic acids is 1. The number of carboxylic acid groups (broad SMARTS) is 1. The minimum Gasteiger partial charge on any atom is -0.496 e. The third-order valence-corrected chi connectivity index (χ3v) is 18.2. The number of amides is 1. The van der Waals surface area contributed by atoms with Crippen LogP contribution >= 0.6 is 12.4 Å². The number of piperazine rings is 2. The number of ether oxygens (including phenoxy) is 4. The average molecular weight is 1270 g/mol. The number of methoxy groups -OCH3 is 2. The SMILES string of the molecule is CCc1c(N(CC)C2CCOCC2)cc2oc(CN3CCN(C(C)C)CC3)cc2c1C(=O)NCc1c(OC)cc(C)[nH]c1=O.CCc1c(N(CC)C2CCOCC2)cc2oc(CN3CCN(C(C)C)CC3)cc2c1C(=O)O.COc1cc(C)[nH]c(=O)c1CN.Cl. The number of benzene rings is 2. The van der Waals surface area contributed by atoms with E-state index in [-0.39, 0.29) is 42.5 Å². The normalized spacial score (nSPS) is 16.6. The molecule has 0 spiro atoms. The van der Waals surface area contributed by atoms with Crippen molar-refractivity contribution in [2.45, 2.75) is 158 Å². The van der Waals surface area contributed by atoms with Crippen LogP contribution in [0.25, 0.3) is 21.9 Å². The van der Waals surface area contributed by atoms with Crippen molar-refractivity contribution in [2.75, 3.05) is 116 Å². The molecule has 0 saturated carbocycles. The van der Waals surface area contributed by atoms with E-state index in [9.17, 15) is 24.3 Å². The molecule has 0 radical (unpaired) electrons. The highest BCUT2D eigenvalue weighted by molar-refractivity contribution is 6.09. The molecular formula is C68H101ClN10O11. The lowest BCUT2D eigenvalue weighted by Gasteiger charge is -2.37. The lowest BCUT2D eigenvalue weighted by molar-refractivity contribution is 0.0697. The number of nitrogens with zero attached hydrogens (tertiary/aromatic N) is 6. The summed E-state index contributed by atoms with van der Waals surface area (Å²) in [7, 11) is 3.06. The smallest absolute Gasteiger partial charge is 0.336 e. The number of nitrogens with two attached hydrogens (primary N) is 1. The quantitative estimate of drug-likeness (QED) is 0.0451. The number of H-pyrrole nitrogens is 2. The molecule has 8 heterocycles. The summed E-state index contributed by atoms with van der Waals surface area (Å²) < 4.78 is 34.5. The Balaban J connectivity index is 0.000000219. The molecule has 4 aromatic heterocycles. The van der Waals surface area contributed by atoms with E-state index in [4.69, 9.17) is 33.5 Å². The minimum absolute atomic E-state index is 0. The first kappa shape index (κ1) is 71.0. The van der Waals surface area contributed by atoms with E-state index in [1.807, 2.05) is 19.1 Å². The minimum atomic E-state index is -0.875. The zero-order valence-electron chi connectivity index (χ0n) is 55.4. The number of furan rings is 2. The summed E-state index contributed by atoms with van der Waals surface area (Å²) in [5.41, 5.74) is 13.6. The second-order valence-corrected chi connectivity index (χ2v) is 24.4. The van der Waals surface area contributed by atoms with Crippen LogP contribution in [0, 0.1) is 13.8 Å².